The van der Waals surface area contributed by atoms with Gasteiger partial charge in [-0.15, -0.1) is 12.4 Å². The molecule has 2 N–H and O–H groups in total. The Morgan fingerprint density at radius 2 is 1.96 bits per heavy atom. The minimum absolute atomic E-state index is 0. The van der Waals surface area contributed by atoms with E-state index in [9.17, 15) is 17.6 Å². The summed E-state index contributed by atoms with van der Waals surface area (Å²) in [6.45, 7) is 1.71. The Kier molecular flexibility index (Phi) is 5.65. The molecular formula is C19H21ClFN3O3S. The van der Waals surface area contributed by atoms with E-state index in [1.54, 1.807) is 24.3 Å². The molecule has 2 aromatic rings. The Morgan fingerprint density at radius 3 is 2.71 bits per heavy atom. The first-order chi connectivity index (χ1) is 12.8. The van der Waals surface area contributed by atoms with Crippen LogP contribution >= 0.6 is 12.4 Å². The fraction of sp³-hybridized carbons (Fsp3) is 0.316. The van der Waals surface area contributed by atoms with Gasteiger partial charge in [0.05, 0.1) is 17.6 Å². The largest absolute Gasteiger partial charge is 0.319 e. The quantitative estimate of drug-likeness (QED) is 0.791. The minimum atomic E-state index is -3.33. The molecule has 4 rings (SSSR count). The Balaban J connectivity index is 0.00000225. The van der Waals surface area contributed by atoms with Crippen molar-refractivity contribution in [3.8, 4) is 0 Å². The molecule has 0 aromatic heterocycles. The number of rotatable bonds is 3. The topological polar surface area (TPSA) is 78.5 Å². The van der Waals surface area contributed by atoms with Gasteiger partial charge in [-0.05, 0) is 60.3 Å². The van der Waals surface area contributed by atoms with Crippen LogP contribution in [0.4, 0.5) is 15.8 Å². The summed E-state index contributed by atoms with van der Waals surface area (Å²) < 4.78 is 39.7. The Morgan fingerprint density at radius 1 is 1.18 bits per heavy atom. The van der Waals surface area contributed by atoms with Crippen LogP contribution in [0.1, 0.15) is 27.0 Å². The lowest BCUT2D eigenvalue weighted by Gasteiger charge is -2.19. The fourth-order valence-electron chi connectivity index (χ4n) is 3.68. The molecule has 0 radical (unpaired) electrons. The molecule has 150 valence electrons. The van der Waals surface area contributed by atoms with Crippen molar-refractivity contribution in [2.24, 2.45) is 0 Å². The van der Waals surface area contributed by atoms with E-state index in [0.29, 0.717) is 49.3 Å². The summed E-state index contributed by atoms with van der Waals surface area (Å²) in [6, 6.07) is 8.28. The van der Waals surface area contributed by atoms with Gasteiger partial charge in [0, 0.05) is 18.7 Å². The second-order valence-electron chi connectivity index (χ2n) is 6.87. The zero-order valence-corrected chi connectivity index (χ0v) is 16.9. The van der Waals surface area contributed by atoms with Crippen LogP contribution in [0.3, 0.4) is 0 Å². The van der Waals surface area contributed by atoms with Gasteiger partial charge in [-0.2, -0.15) is 0 Å². The number of hydrogen-bond acceptors (Lipinski definition) is 4. The third-order valence-corrected chi connectivity index (χ3v) is 6.23. The first-order valence-corrected chi connectivity index (χ1v) is 10.6. The van der Waals surface area contributed by atoms with E-state index in [4.69, 9.17) is 0 Å². The van der Waals surface area contributed by atoms with Crippen molar-refractivity contribution in [3.05, 3.63) is 58.4 Å². The van der Waals surface area contributed by atoms with Crippen LogP contribution in [-0.4, -0.2) is 33.7 Å². The molecule has 28 heavy (non-hydrogen) atoms. The number of halogens is 2. The SMILES string of the molecule is CS(=O)(=O)N1CCc2cc(C(=O)Nc3ccc4c(c3F)CCNC4)ccc21.Cl. The molecule has 9 heteroatoms. The van der Waals surface area contributed by atoms with Crippen LogP contribution in [0.2, 0.25) is 0 Å². The average molecular weight is 426 g/mol. The summed E-state index contributed by atoms with van der Waals surface area (Å²) in [5.41, 5.74) is 3.49. The van der Waals surface area contributed by atoms with Gasteiger partial charge in [0.25, 0.3) is 5.91 Å². The molecule has 2 aliphatic heterocycles. The standard InChI is InChI=1S/C19H20FN3O3S.ClH/c1-27(25,26)23-9-7-12-10-13(3-5-17(12)23)19(24)22-16-4-2-14-11-21-8-6-15(14)18(16)20;/h2-5,10,21H,6-9,11H2,1H3,(H,22,24);1H. The molecule has 2 aliphatic rings. The third-order valence-electron chi connectivity index (χ3n) is 5.05. The first kappa shape index (κ1) is 20.6. The predicted octanol–water partition coefficient (Wildman–Crippen LogP) is 2.47. The van der Waals surface area contributed by atoms with Gasteiger partial charge in [-0.25, -0.2) is 12.8 Å². The number of fused-ring (bicyclic) bond motifs is 2. The summed E-state index contributed by atoms with van der Waals surface area (Å²) in [4.78, 5) is 12.6. The van der Waals surface area contributed by atoms with Crippen LogP contribution in [0.15, 0.2) is 30.3 Å². The number of nitrogens with one attached hydrogen (secondary N) is 2. The minimum Gasteiger partial charge on any atom is -0.319 e. The van der Waals surface area contributed by atoms with Crippen LogP contribution in [-0.2, 0) is 29.4 Å². The monoisotopic (exact) mass is 425 g/mol. The van der Waals surface area contributed by atoms with Crippen molar-refractivity contribution in [2.75, 3.05) is 29.0 Å². The van der Waals surface area contributed by atoms with Crippen LogP contribution in [0.5, 0.6) is 0 Å². The van der Waals surface area contributed by atoms with Crippen molar-refractivity contribution in [1.29, 1.82) is 0 Å². The smallest absolute Gasteiger partial charge is 0.255 e. The number of carbonyl (C=O) groups excluding carboxylic acids is 1. The van der Waals surface area contributed by atoms with E-state index in [0.717, 1.165) is 17.4 Å². The molecule has 0 spiro atoms. The van der Waals surface area contributed by atoms with Crippen molar-refractivity contribution >= 4 is 39.7 Å². The molecule has 2 heterocycles. The van der Waals surface area contributed by atoms with E-state index in [1.165, 1.54) is 4.31 Å². The summed E-state index contributed by atoms with van der Waals surface area (Å²) in [5, 5.41) is 5.83. The number of anilines is 2. The summed E-state index contributed by atoms with van der Waals surface area (Å²) >= 11 is 0. The number of nitrogens with zero attached hydrogens (tertiary/aromatic N) is 1. The van der Waals surface area contributed by atoms with Gasteiger partial charge < -0.3 is 10.6 Å². The van der Waals surface area contributed by atoms with Crippen molar-refractivity contribution in [3.63, 3.8) is 0 Å². The van der Waals surface area contributed by atoms with Crippen LogP contribution in [0, 0.1) is 5.82 Å². The Bertz CT molecular complexity index is 1040. The van der Waals surface area contributed by atoms with Gasteiger partial charge >= 0.3 is 0 Å². The zero-order valence-electron chi connectivity index (χ0n) is 15.3. The van der Waals surface area contributed by atoms with E-state index < -0.39 is 15.9 Å². The van der Waals surface area contributed by atoms with Crippen molar-refractivity contribution in [1.82, 2.24) is 5.32 Å². The predicted molar refractivity (Wildman–Crippen MR) is 109 cm³/mol. The van der Waals surface area contributed by atoms with Gasteiger partial charge in [0.2, 0.25) is 10.0 Å². The zero-order chi connectivity index (χ0) is 19.2. The average Bonchev–Trinajstić information content (AvgIpc) is 3.07. The molecule has 0 saturated heterocycles. The maximum absolute atomic E-state index is 14.7. The molecule has 2 aromatic carbocycles. The number of benzene rings is 2. The second-order valence-corrected chi connectivity index (χ2v) is 8.78. The molecular weight excluding hydrogens is 405 g/mol. The third kappa shape index (κ3) is 3.72. The van der Waals surface area contributed by atoms with E-state index in [1.807, 2.05) is 6.07 Å². The number of carbonyl (C=O) groups is 1. The van der Waals surface area contributed by atoms with Crippen LogP contribution < -0.4 is 14.9 Å². The van der Waals surface area contributed by atoms with Crippen molar-refractivity contribution in [2.45, 2.75) is 19.4 Å². The van der Waals surface area contributed by atoms with Gasteiger partial charge in [0.15, 0.2) is 0 Å². The molecule has 0 fully saturated rings. The normalized spacial score (nSPS) is 15.4. The van der Waals surface area contributed by atoms with Gasteiger partial charge in [-0.1, -0.05) is 6.07 Å². The highest BCUT2D eigenvalue weighted by molar-refractivity contribution is 7.92. The highest BCUT2D eigenvalue weighted by atomic mass is 35.5. The first-order valence-electron chi connectivity index (χ1n) is 8.77. The lowest BCUT2D eigenvalue weighted by atomic mass is 9.99. The van der Waals surface area contributed by atoms with Crippen LogP contribution in [0.25, 0.3) is 0 Å². The number of hydrogen-bond donors (Lipinski definition) is 2. The molecule has 0 aliphatic carbocycles. The second kappa shape index (κ2) is 7.69. The molecule has 0 atom stereocenters. The maximum Gasteiger partial charge on any atom is 0.255 e. The Labute approximate surface area is 169 Å². The maximum atomic E-state index is 14.7. The molecule has 6 nitrogen and oxygen atoms in total. The van der Waals surface area contributed by atoms with E-state index in [2.05, 4.69) is 10.6 Å². The molecule has 0 unspecified atom stereocenters. The number of amides is 1. The van der Waals surface area contributed by atoms with Gasteiger partial charge in [0.1, 0.15) is 5.82 Å². The molecule has 0 saturated carbocycles. The molecule has 1 amide bonds. The fourth-order valence-corrected chi connectivity index (χ4v) is 4.64. The van der Waals surface area contributed by atoms with Crippen molar-refractivity contribution < 1.29 is 17.6 Å². The number of sulfonamides is 1. The highest BCUT2D eigenvalue weighted by Gasteiger charge is 2.27. The summed E-state index contributed by atoms with van der Waals surface area (Å²) in [5.74, 6) is -0.796. The van der Waals surface area contributed by atoms with E-state index in [-0.39, 0.29) is 23.9 Å². The van der Waals surface area contributed by atoms with E-state index >= 15 is 0 Å². The van der Waals surface area contributed by atoms with Gasteiger partial charge in [-0.3, -0.25) is 9.10 Å². The Hall–Kier alpha value is -2.16. The summed E-state index contributed by atoms with van der Waals surface area (Å²) in [6.07, 6.45) is 2.30. The molecule has 0 bridgehead atoms. The lowest BCUT2D eigenvalue weighted by molar-refractivity contribution is 0.102. The summed E-state index contributed by atoms with van der Waals surface area (Å²) in [7, 11) is -3.33. The highest BCUT2D eigenvalue weighted by Crippen LogP contribution is 2.31. The lowest BCUT2D eigenvalue weighted by Crippen LogP contribution is -2.27.